The number of amides is 1. The molecule has 0 saturated carbocycles. The molecule has 6 heteroatoms. The molecule has 0 saturated heterocycles. The second kappa shape index (κ2) is 6.67. The van der Waals surface area contributed by atoms with E-state index in [2.05, 4.69) is 9.99 Å². The van der Waals surface area contributed by atoms with Gasteiger partial charge in [-0.1, -0.05) is 11.2 Å². The molecule has 0 aliphatic carbocycles. The number of hydrogen-bond acceptors (Lipinski definition) is 5. The van der Waals surface area contributed by atoms with E-state index in [-0.39, 0.29) is 5.97 Å². The molecule has 0 spiro atoms. The Balaban J connectivity index is 2.29. The standard InChI is InChI=1S/C11H16N2O4/c1-3-16-10(14)6-4-5-7-13-8-9(2)12-17-11(13)15/h4,6H,3,5,7-8H2,1-2H3/b6-4+. The van der Waals surface area contributed by atoms with Crippen LogP contribution in [0.2, 0.25) is 0 Å². The van der Waals surface area contributed by atoms with E-state index >= 15 is 0 Å². The van der Waals surface area contributed by atoms with E-state index in [1.165, 1.54) is 11.0 Å². The molecule has 0 aromatic rings. The first-order valence-corrected chi connectivity index (χ1v) is 5.46. The number of nitrogens with zero attached hydrogens (tertiary/aromatic N) is 2. The Labute approximate surface area is 99.9 Å². The number of ether oxygens (including phenoxy) is 1. The largest absolute Gasteiger partial charge is 0.463 e. The minimum absolute atomic E-state index is 0.358. The van der Waals surface area contributed by atoms with Crippen molar-refractivity contribution in [2.24, 2.45) is 5.16 Å². The first kappa shape index (κ1) is 13.2. The van der Waals surface area contributed by atoms with Crippen molar-refractivity contribution in [3.05, 3.63) is 12.2 Å². The van der Waals surface area contributed by atoms with E-state index in [9.17, 15) is 9.59 Å². The second-order valence-corrected chi connectivity index (χ2v) is 3.55. The minimum Gasteiger partial charge on any atom is -0.463 e. The van der Waals surface area contributed by atoms with Crippen LogP contribution in [-0.2, 0) is 14.4 Å². The van der Waals surface area contributed by atoms with Crippen LogP contribution < -0.4 is 0 Å². The summed E-state index contributed by atoms with van der Waals surface area (Å²) in [5.74, 6) is -0.369. The Morgan fingerprint density at radius 3 is 3.12 bits per heavy atom. The lowest BCUT2D eigenvalue weighted by molar-refractivity contribution is -0.137. The molecule has 0 unspecified atom stereocenters. The number of carbonyl (C=O) groups is 2. The van der Waals surface area contributed by atoms with Gasteiger partial charge in [0.2, 0.25) is 0 Å². The maximum absolute atomic E-state index is 11.3. The van der Waals surface area contributed by atoms with Crippen molar-refractivity contribution >= 4 is 17.8 Å². The smallest absolute Gasteiger partial charge is 0.436 e. The Bertz CT molecular complexity index is 349. The van der Waals surface area contributed by atoms with Crippen molar-refractivity contribution < 1.29 is 19.2 Å². The van der Waals surface area contributed by atoms with Gasteiger partial charge in [0.05, 0.1) is 18.9 Å². The third-order valence-corrected chi connectivity index (χ3v) is 2.06. The summed E-state index contributed by atoms with van der Waals surface area (Å²) in [6, 6.07) is 0. The number of rotatable bonds is 5. The Morgan fingerprint density at radius 1 is 1.65 bits per heavy atom. The number of hydrogen-bond donors (Lipinski definition) is 0. The number of esters is 1. The lowest BCUT2D eigenvalue weighted by atomic mass is 10.3. The van der Waals surface area contributed by atoms with E-state index in [0.717, 1.165) is 5.71 Å². The van der Waals surface area contributed by atoms with Crippen molar-refractivity contribution in [1.82, 2.24) is 4.90 Å². The molecule has 0 bridgehead atoms. The van der Waals surface area contributed by atoms with E-state index in [0.29, 0.717) is 26.1 Å². The first-order valence-electron chi connectivity index (χ1n) is 5.46. The molecule has 1 aliphatic heterocycles. The normalized spacial score (nSPS) is 15.8. The highest BCUT2D eigenvalue weighted by molar-refractivity contribution is 5.89. The fourth-order valence-corrected chi connectivity index (χ4v) is 1.31. The van der Waals surface area contributed by atoms with Gasteiger partial charge in [0.15, 0.2) is 0 Å². The van der Waals surface area contributed by atoms with Crippen molar-refractivity contribution in [3.63, 3.8) is 0 Å². The summed E-state index contributed by atoms with van der Waals surface area (Å²) < 4.78 is 4.72. The highest BCUT2D eigenvalue weighted by atomic mass is 16.7. The van der Waals surface area contributed by atoms with Crippen LogP contribution in [0.1, 0.15) is 20.3 Å². The SMILES string of the molecule is CCOC(=O)/C=C/CCN1CC(C)=NOC1=O. The third kappa shape index (κ3) is 4.67. The van der Waals surface area contributed by atoms with Crippen molar-refractivity contribution in [2.75, 3.05) is 19.7 Å². The maximum Gasteiger partial charge on any atom is 0.436 e. The van der Waals surface area contributed by atoms with Crippen LogP contribution in [0.25, 0.3) is 0 Å². The third-order valence-electron chi connectivity index (χ3n) is 2.06. The molecule has 1 aliphatic rings. The molecule has 1 amide bonds. The molecule has 94 valence electrons. The Hall–Kier alpha value is -1.85. The summed E-state index contributed by atoms with van der Waals surface area (Å²) >= 11 is 0. The van der Waals surface area contributed by atoms with Gasteiger partial charge in [0.1, 0.15) is 0 Å². The fraction of sp³-hybridized carbons (Fsp3) is 0.545. The first-order chi connectivity index (χ1) is 8.13. The predicted molar refractivity (Wildman–Crippen MR) is 61.6 cm³/mol. The zero-order chi connectivity index (χ0) is 12.7. The quantitative estimate of drug-likeness (QED) is 0.413. The molecule has 0 radical (unpaired) electrons. The van der Waals surface area contributed by atoms with E-state index < -0.39 is 6.09 Å². The molecule has 0 atom stereocenters. The van der Waals surface area contributed by atoms with Crippen LogP contribution in [0.5, 0.6) is 0 Å². The summed E-state index contributed by atoms with van der Waals surface area (Å²) in [5.41, 5.74) is 0.749. The highest BCUT2D eigenvalue weighted by Gasteiger charge is 2.19. The predicted octanol–water partition coefficient (Wildman–Crippen LogP) is 1.32. The summed E-state index contributed by atoms with van der Waals surface area (Å²) in [6.45, 7) is 4.84. The topological polar surface area (TPSA) is 68.2 Å². The van der Waals surface area contributed by atoms with Crippen LogP contribution >= 0.6 is 0 Å². The molecular weight excluding hydrogens is 224 g/mol. The van der Waals surface area contributed by atoms with Crippen LogP contribution in [0.4, 0.5) is 4.79 Å². The van der Waals surface area contributed by atoms with Gasteiger partial charge in [-0.3, -0.25) is 4.84 Å². The lowest BCUT2D eigenvalue weighted by Crippen LogP contribution is -2.38. The molecule has 0 aromatic carbocycles. The lowest BCUT2D eigenvalue weighted by Gasteiger charge is -2.22. The van der Waals surface area contributed by atoms with Gasteiger partial charge in [0, 0.05) is 12.6 Å². The average Bonchev–Trinajstić information content (AvgIpc) is 2.29. The van der Waals surface area contributed by atoms with E-state index in [1.807, 2.05) is 0 Å². The van der Waals surface area contributed by atoms with Crippen LogP contribution in [0.15, 0.2) is 17.3 Å². The zero-order valence-corrected chi connectivity index (χ0v) is 10.0. The monoisotopic (exact) mass is 240 g/mol. The van der Waals surface area contributed by atoms with Crippen molar-refractivity contribution in [2.45, 2.75) is 20.3 Å². The molecular formula is C11H16N2O4. The molecule has 0 N–H and O–H groups in total. The van der Waals surface area contributed by atoms with E-state index in [4.69, 9.17) is 4.74 Å². The maximum atomic E-state index is 11.3. The highest BCUT2D eigenvalue weighted by Crippen LogP contribution is 2.04. The van der Waals surface area contributed by atoms with Gasteiger partial charge in [-0.05, 0) is 20.3 Å². The summed E-state index contributed by atoms with van der Waals surface area (Å²) in [7, 11) is 0. The summed E-state index contributed by atoms with van der Waals surface area (Å²) in [5, 5.41) is 3.58. The molecule has 0 aromatic heterocycles. The number of oxime groups is 1. The van der Waals surface area contributed by atoms with Gasteiger partial charge >= 0.3 is 12.1 Å². The zero-order valence-electron chi connectivity index (χ0n) is 10.0. The number of carbonyl (C=O) groups excluding carboxylic acids is 2. The summed E-state index contributed by atoms with van der Waals surface area (Å²) in [4.78, 5) is 28.3. The molecule has 0 fully saturated rings. The molecule has 1 rings (SSSR count). The van der Waals surface area contributed by atoms with Gasteiger partial charge in [-0.25, -0.2) is 9.59 Å². The second-order valence-electron chi connectivity index (χ2n) is 3.55. The Kier molecular flexibility index (Phi) is 5.19. The van der Waals surface area contributed by atoms with Gasteiger partial charge in [-0.2, -0.15) is 0 Å². The van der Waals surface area contributed by atoms with Crippen LogP contribution in [-0.4, -0.2) is 42.4 Å². The minimum atomic E-state index is -0.458. The Morgan fingerprint density at radius 2 is 2.41 bits per heavy atom. The molecule has 6 nitrogen and oxygen atoms in total. The van der Waals surface area contributed by atoms with Gasteiger partial charge < -0.3 is 9.64 Å². The van der Waals surface area contributed by atoms with Gasteiger partial charge in [0.25, 0.3) is 0 Å². The van der Waals surface area contributed by atoms with E-state index in [1.54, 1.807) is 19.9 Å². The van der Waals surface area contributed by atoms with Crippen molar-refractivity contribution in [3.8, 4) is 0 Å². The van der Waals surface area contributed by atoms with Crippen LogP contribution in [0, 0.1) is 0 Å². The molecule has 1 heterocycles. The van der Waals surface area contributed by atoms with Crippen LogP contribution in [0.3, 0.4) is 0 Å². The van der Waals surface area contributed by atoms with Gasteiger partial charge in [-0.15, -0.1) is 0 Å². The molecule has 17 heavy (non-hydrogen) atoms. The summed E-state index contributed by atoms with van der Waals surface area (Å²) in [6.07, 6.45) is 3.15. The van der Waals surface area contributed by atoms with Crippen molar-refractivity contribution in [1.29, 1.82) is 0 Å². The average molecular weight is 240 g/mol. The fourth-order valence-electron chi connectivity index (χ4n) is 1.31.